The lowest BCUT2D eigenvalue weighted by molar-refractivity contribution is 0.929. The van der Waals surface area contributed by atoms with E-state index in [1.54, 1.807) is 6.07 Å². The van der Waals surface area contributed by atoms with Gasteiger partial charge < -0.3 is 10.7 Å². The molecule has 1 aromatic heterocycles. The van der Waals surface area contributed by atoms with Gasteiger partial charge in [-0.05, 0) is 37.5 Å². The molecule has 0 atom stereocenters. The Balaban J connectivity index is 1.88. The monoisotopic (exact) mass is 333 g/mol. The normalized spacial score (nSPS) is 14.2. The first-order chi connectivity index (χ1) is 9.65. The summed E-state index contributed by atoms with van der Waals surface area (Å²) < 4.78 is 1.07. The van der Waals surface area contributed by atoms with Crippen LogP contribution in [0.2, 0.25) is 0 Å². The summed E-state index contributed by atoms with van der Waals surface area (Å²) >= 11 is 3.53. The predicted molar refractivity (Wildman–Crippen MR) is 84.0 cm³/mol. The minimum absolute atomic E-state index is 0.480. The average Bonchev–Trinajstić information content (AvgIpc) is 3.27. The molecule has 1 fully saturated rings. The van der Waals surface area contributed by atoms with Gasteiger partial charge >= 0.3 is 0 Å². The highest BCUT2D eigenvalue weighted by atomic mass is 79.9. The SMILES string of the molecule is Cc1ccc(Nc2cc(NN)nc(C3CC3)n2)cc1Br. The molecule has 5 nitrogen and oxygen atoms in total. The van der Waals surface area contributed by atoms with Gasteiger partial charge in [-0.15, -0.1) is 0 Å². The number of rotatable bonds is 4. The van der Waals surface area contributed by atoms with Gasteiger partial charge in [0.2, 0.25) is 0 Å². The molecular formula is C14H16BrN5. The van der Waals surface area contributed by atoms with E-state index in [0.29, 0.717) is 11.7 Å². The van der Waals surface area contributed by atoms with Gasteiger partial charge in [0.05, 0.1) is 0 Å². The summed E-state index contributed by atoms with van der Waals surface area (Å²) in [6, 6.07) is 7.91. The minimum atomic E-state index is 0.480. The Hall–Kier alpha value is -1.66. The molecule has 4 N–H and O–H groups in total. The van der Waals surface area contributed by atoms with Crippen LogP contribution in [0.1, 0.15) is 30.1 Å². The van der Waals surface area contributed by atoms with Gasteiger partial charge in [-0.3, -0.25) is 0 Å². The predicted octanol–water partition coefficient (Wildman–Crippen LogP) is 3.45. The molecule has 1 saturated carbocycles. The fourth-order valence-corrected chi connectivity index (χ4v) is 2.33. The zero-order chi connectivity index (χ0) is 14.1. The highest BCUT2D eigenvalue weighted by molar-refractivity contribution is 9.10. The highest BCUT2D eigenvalue weighted by Gasteiger charge is 2.27. The lowest BCUT2D eigenvalue weighted by Crippen LogP contribution is -2.11. The summed E-state index contributed by atoms with van der Waals surface area (Å²) in [6.45, 7) is 2.06. The van der Waals surface area contributed by atoms with Gasteiger partial charge in [0.25, 0.3) is 0 Å². The first-order valence-electron chi connectivity index (χ1n) is 6.54. The molecule has 1 aliphatic rings. The zero-order valence-electron chi connectivity index (χ0n) is 11.2. The van der Waals surface area contributed by atoms with E-state index in [4.69, 9.17) is 5.84 Å². The largest absolute Gasteiger partial charge is 0.340 e. The first-order valence-corrected chi connectivity index (χ1v) is 7.34. The summed E-state index contributed by atoms with van der Waals surface area (Å²) in [5.41, 5.74) is 4.77. The Morgan fingerprint density at radius 2 is 1.95 bits per heavy atom. The van der Waals surface area contributed by atoms with Crippen LogP contribution in [-0.2, 0) is 0 Å². The lowest BCUT2D eigenvalue weighted by Gasteiger charge is -2.10. The second-order valence-electron chi connectivity index (χ2n) is 5.00. The Labute approximate surface area is 126 Å². The van der Waals surface area contributed by atoms with Crippen molar-refractivity contribution in [1.82, 2.24) is 9.97 Å². The van der Waals surface area contributed by atoms with E-state index in [2.05, 4.69) is 49.6 Å². The fraction of sp³-hybridized carbons (Fsp3) is 0.286. The molecule has 2 aromatic rings. The van der Waals surface area contributed by atoms with E-state index in [0.717, 1.165) is 34.6 Å². The lowest BCUT2D eigenvalue weighted by atomic mass is 10.2. The number of halogens is 1. The summed E-state index contributed by atoms with van der Waals surface area (Å²) in [7, 11) is 0. The van der Waals surface area contributed by atoms with Crippen LogP contribution >= 0.6 is 15.9 Å². The molecule has 1 aliphatic carbocycles. The van der Waals surface area contributed by atoms with Gasteiger partial charge in [0, 0.05) is 22.1 Å². The summed E-state index contributed by atoms with van der Waals surface area (Å²) in [5, 5.41) is 3.29. The van der Waals surface area contributed by atoms with Crippen molar-refractivity contribution in [1.29, 1.82) is 0 Å². The van der Waals surface area contributed by atoms with Gasteiger partial charge in [-0.1, -0.05) is 22.0 Å². The minimum Gasteiger partial charge on any atom is -0.340 e. The number of nitrogen functional groups attached to an aromatic ring is 1. The molecule has 0 aliphatic heterocycles. The third-order valence-corrected chi connectivity index (χ3v) is 4.13. The van der Waals surface area contributed by atoms with Crippen molar-refractivity contribution < 1.29 is 0 Å². The van der Waals surface area contributed by atoms with Crippen molar-refractivity contribution >= 4 is 33.3 Å². The standard InChI is InChI=1S/C14H16BrN5/c1-8-2-5-10(6-11(8)15)17-12-7-13(20-16)19-14(18-12)9-3-4-9/h2,5-7,9H,3-4,16H2,1H3,(H2,17,18,19,20). The number of nitrogens with zero attached hydrogens (tertiary/aromatic N) is 2. The van der Waals surface area contributed by atoms with Crippen molar-refractivity contribution in [3.05, 3.63) is 40.1 Å². The van der Waals surface area contributed by atoms with E-state index in [1.807, 2.05) is 12.1 Å². The molecule has 0 spiro atoms. The van der Waals surface area contributed by atoms with Crippen molar-refractivity contribution in [3.8, 4) is 0 Å². The smallest absolute Gasteiger partial charge is 0.145 e. The second-order valence-corrected chi connectivity index (χ2v) is 5.86. The Morgan fingerprint density at radius 3 is 2.60 bits per heavy atom. The number of nitrogens with one attached hydrogen (secondary N) is 2. The summed E-state index contributed by atoms with van der Waals surface area (Å²) in [5.74, 6) is 8.20. The van der Waals surface area contributed by atoms with Crippen LogP contribution in [0, 0.1) is 6.92 Å². The van der Waals surface area contributed by atoms with Crippen molar-refractivity contribution in [2.24, 2.45) is 5.84 Å². The van der Waals surface area contributed by atoms with Gasteiger partial charge in [-0.2, -0.15) is 0 Å². The molecule has 0 bridgehead atoms. The van der Waals surface area contributed by atoms with Crippen LogP contribution in [0.3, 0.4) is 0 Å². The topological polar surface area (TPSA) is 75.9 Å². The fourth-order valence-electron chi connectivity index (χ4n) is 1.95. The van der Waals surface area contributed by atoms with E-state index >= 15 is 0 Å². The number of hydrazine groups is 1. The number of aryl methyl sites for hydroxylation is 1. The van der Waals surface area contributed by atoms with Crippen LogP contribution < -0.4 is 16.6 Å². The molecule has 1 aromatic carbocycles. The van der Waals surface area contributed by atoms with Crippen LogP contribution in [-0.4, -0.2) is 9.97 Å². The van der Waals surface area contributed by atoms with E-state index in [1.165, 1.54) is 5.56 Å². The molecule has 0 amide bonds. The maximum atomic E-state index is 5.47. The van der Waals surface area contributed by atoms with E-state index in [-0.39, 0.29) is 0 Å². The van der Waals surface area contributed by atoms with Gasteiger partial charge in [-0.25, -0.2) is 15.8 Å². The van der Waals surface area contributed by atoms with Crippen LogP contribution in [0.5, 0.6) is 0 Å². The Kier molecular flexibility index (Phi) is 3.58. The van der Waals surface area contributed by atoms with E-state index < -0.39 is 0 Å². The van der Waals surface area contributed by atoms with Gasteiger partial charge in [0.1, 0.15) is 17.5 Å². The zero-order valence-corrected chi connectivity index (χ0v) is 12.7. The van der Waals surface area contributed by atoms with Gasteiger partial charge in [0.15, 0.2) is 0 Å². The molecule has 0 radical (unpaired) electrons. The number of benzene rings is 1. The Morgan fingerprint density at radius 1 is 1.20 bits per heavy atom. The van der Waals surface area contributed by atoms with E-state index in [9.17, 15) is 0 Å². The number of anilines is 3. The third-order valence-electron chi connectivity index (χ3n) is 3.28. The molecular weight excluding hydrogens is 318 g/mol. The molecule has 1 heterocycles. The molecule has 0 unspecified atom stereocenters. The van der Waals surface area contributed by atoms with Crippen LogP contribution in [0.25, 0.3) is 0 Å². The van der Waals surface area contributed by atoms with Crippen LogP contribution in [0.4, 0.5) is 17.3 Å². The number of nitrogens with two attached hydrogens (primary N) is 1. The number of hydrogen-bond donors (Lipinski definition) is 3. The summed E-state index contributed by atoms with van der Waals surface area (Å²) in [4.78, 5) is 8.95. The molecule has 20 heavy (non-hydrogen) atoms. The quantitative estimate of drug-likeness (QED) is 0.590. The molecule has 0 saturated heterocycles. The second kappa shape index (κ2) is 5.38. The molecule has 104 valence electrons. The highest BCUT2D eigenvalue weighted by Crippen LogP contribution is 2.39. The Bertz CT molecular complexity index is 639. The molecule has 6 heteroatoms. The number of aromatic nitrogens is 2. The maximum Gasteiger partial charge on any atom is 0.145 e. The maximum absolute atomic E-state index is 5.47. The van der Waals surface area contributed by atoms with Crippen molar-refractivity contribution in [2.45, 2.75) is 25.7 Å². The van der Waals surface area contributed by atoms with Crippen molar-refractivity contribution in [2.75, 3.05) is 10.7 Å². The van der Waals surface area contributed by atoms with Crippen molar-refractivity contribution in [3.63, 3.8) is 0 Å². The summed E-state index contributed by atoms with van der Waals surface area (Å²) in [6.07, 6.45) is 2.31. The first kappa shape index (κ1) is 13.3. The third kappa shape index (κ3) is 2.91. The average molecular weight is 334 g/mol. The number of hydrogen-bond acceptors (Lipinski definition) is 5. The molecule has 3 rings (SSSR count). The van der Waals surface area contributed by atoms with Crippen LogP contribution in [0.15, 0.2) is 28.7 Å².